The summed E-state index contributed by atoms with van der Waals surface area (Å²) in [5, 5.41) is 6.89. The van der Waals surface area contributed by atoms with Gasteiger partial charge < -0.3 is 19.6 Å². The van der Waals surface area contributed by atoms with Crippen molar-refractivity contribution < 1.29 is 14.1 Å². The summed E-state index contributed by atoms with van der Waals surface area (Å²) in [5.74, 6) is 0.875. The molecule has 1 fully saturated rings. The average molecular weight is 385 g/mol. The number of nitrogens with zero attached hydrogens (tertiary/aromatic N) is 4. The number of carbonyl (C=O) groups excluding carboxylic acids is 2. The van der Waals surface area contributed by atoms with Gasteiger partial charge in [0.1, 0.15) is 0 Å². The van der Waals surface area contributed by atoms with E-state index >= 15 is 0 Å². The Bertz CT molecular complexity index is 823. The third-order valence-electron chi connectivity index (χ3n) is 5.09. The summed E-state index contributed by atoms with van der Waals surface area (Å²) >= 11 is 0. The Morgan fingerprint density at radius 1 is 1.25 bits per heavy atom. The Morgan fingerprint density at radius 3 is 2.57 bits per heavy atom. The lowest BCUT2D eigenvalue weighted by atomic mass is 9.96. The fraction of sp³-hybridized carbons (Fsp3) is 0.500. The minimum Gasteiger partial charge on any atom is -0.339 e. The maximum atomic E-state index is 12.7. The molecule has 28 heavy (non-hydrogen) atoms. The van der Waals surface area contributed by atoms with Gasteiger partial charge in [-0.05, 0) is 38.8 Å². The van der Waals surface area contributed by atoms with E-state index in [-0.39, 0.29) is 17.9 Å². The number of aromatic nitrogens is 2. The number of anilines is 1. The van der Waals surface area contributed by atoms with Crippen LogP contribution in [-0.4, -0.2) is 58.1 Å². The van der Waals surface area contributed by atoms with E-state index in [1.54, 1.807) is 6.92 Å². The van der Waals surface area contributed by atoms with Gasteiger partial charge in [0.15, 0.2) is 0 Å². The number of likely N-dealkylation sites (tertiary alicyclic amines) is 1. The van der Waals surface area contributed by atoms with E-state index < -0.39 is 0 Å². The summed E-state index contributed by atoms with van der Waals surface area (Å²) < 4.78 is 5.01. The highest BCUT2D eigenvalue weighted by atomic mass is 16.5. The van der Waals surface area contributed by atoms with E-state index in [2.05, 4.69) is 15.5 Å². The number of piperidine rings is 1. The number of amides is 3. The van der Waals surface area contributed by atoms with Gasteiger partial charge in [-0.15, -0.1) is 0 Å². The zero-order chi connectivity index (χ0) is 20.1. The first-order chi connectivity index (χ1) is 13.5. The predicted octanol–water partition coefficient (Wildman–Crippen LogP) is 3.16. The van der Waals surface area contributed by atoms with E-state index in [0.29, 0.717) is 56.4 Å². The molecule has 0 bridgehead atoms. The molecule has 1 aromatic heterocycles. The fourth-order valence-electron chi connectivity index (χ4n) is 3.42. The van der Waals surface area contributed by atoms with Gasteiger partial charge >= 0.3 is 6.03 Å². The Morgan fingerprint density at radius 2 is 1.96 bits per heavy atom. The standard InChI is InChI=1S/C20H27N5O3/c1-4-24(5-2)20(27)25-11-9-15(10-12-25)19(26)22-17-8-6-7-16(13-17)18-21-14(3)28-23-18/h6-8,13,15H,4-5,9-12H2,1-3H3,(H,22,26). The summed E-state index contributed by atoms with van der Waals surface area (Å²) in [4.78, 5) is 33.0. The van der Waals surface area contributed by atoms with Crippen LogP contribution in [0.25, 0.3) is 11.4 Å². The van der Waals surface area contributed by atoms with Crippen LogP contribution >= 0.6 is 0 Å². The van der Waals surface area contributed by atoms with Crippen molar-refractivity contribution >= 4 is 17.6 Å². The average Bonchev–Trinajstić information content (AvgIpc) is 3.15. The van der Waals surface area contributed by atoms with Crippen molar-refractivity contribution in [2.75, 3.05) is 31.5 Å². The Hall–Kier alpha value is -2.90. The highest BCUT2D eigenvalue weighted by molar-refractivity contribution is 5.93. The van der Waals surface area contributed by atoms with Crippen LogP contribution in [0.15, 0.2) is 28.8 Å². The number of rotatable bonds is 5. The molecule has 2 heterocycles. The first-order valence-corrected chi connectivity index (χ1v) is 9.77. The molecule has 0 unspecified atom stereocenters. The second-order valence-electron chi connectivity index (χ2n) is 6.92. The summed E-state index contributed by atoms with van der Waals surface area (Å²) in [6, 6.07) is 7.46. The molecular formula is C20H27N5O3. The third-order valence-corrected chi connectivity index (χ3v) is 5.09. The predicted molar refractivity (Wildman–Crippen MR) is 106 cm³/mol. The van der Waals surface area contributed by atoms with Crippen LogP contribution in [0.5, 0.6) is 0 Å². The second kappa shape index (κ2) is 8.86. The molecule has 3 rings (SSSR count). The van der Waals surface area contributed by atoms with Crippen molar-refractivity contribution in [3.63, 3.8) is 0 Å². The molecule has 0 aliphatic carbocycles. The largest absolute Gasteiger partial charge is 0.339 e. The molecule has 1 aromatic carbocycles. The van der Waals surface area contributed by atoms with E-state index in [1.165, 1.54) is 0 Å². The summed E-state index contributed by atoms with van der Waals surface area (Å²) in [5.41, 5.74) is 1.49. The van der Waals surface area contributed by atoms with E-state index in [9.17, 15) is 9.59 Å². The zero-order valence-electron chi connectivity index (χ0n) is 16.6. The van der Waals surface area contributed by atoms with Crippen LogP contribution in [0.3, 0.4) is 0 Å². The molecule has 3 amide bonds. The van der Waals surface area contributed by atoms with Crippen LogP contribution in [-0.2, 0) is 4.79 Å². The van der Waals surface area contributed by atoms with Gasteiger partial charge in [-0.25, -0.2) is 4.79 Å². The van der Waals surface area contributed by atoms with Crippen LogP contribution < -0.4 is 5.32 Å². The lowest BCUT2D eigenvalue weighted by molar-refractivity contribution is -0.121. The van der Waals surface area contributed by atoms with Gasteiger partial charge in [0.05, 0.1) is 0 Å². The first kappa shape index (κ1) is 19.9. The number of aryl methyl sites for hydroxylation is 1. The van der Waals surface area contributed by atoms with Gasteiger partial charge in [0.25, 0.3) is 0 Å². The van der Waals surface area contributed by atoms with Crippen molar-refractivity contribution in [1.82, 2.24) is 19.9 Å². The highest BCUT2D eigenvalue weighted by Gasteiger charge is 2.29. The van der Waals surface area contributed by atoms with E-state index in [0.717, 1.165) is 5.56 Å². The number of nitrogens with one attached hydrogen (secondary N) is 1. The van der Waals surface area contributed by atoms with E-state index in [4.69, 9.17) is 4.52 Å². The second-order valence-corrected chi connectivity index (χ2v) is 6.92. The van der Waals surface area contributed by atoms with Crippen molar-refractivity contribution in [2.24, 2.45) is 5.92 Å². The number of urea groups is 1. The minimum atomic E-state index is -0.100. The zero-order valence-corrected chi connectivity index (χ0v) is 16.6. The van der Waals surface area contributed by atoms with Gasteiger partial charge in [0.2, 0.25) is 17.6 Å². The smallest absolute Gasteiger partial charge is 0.319 e. The van der Waals surface area contributed by atoms with Gasteiger partial charge in [-0.2, -0.15) is 4.98 Å². The number of benzene rings is 1. The molecule has 8 nitrogen and oxygen atoms in total. The number of carbonyl (C=O) groups is 2. The minimum absolute atomic E-state index is 0.0172. The lowest BCUT2D eigenvalue weighted by Gasteiger charge is -2.34. The van der Waals surface area contributed by atoms with E-state index in [1.807, 2.05) is 47.9 Å². The molecular weight excluding hydrogens is 358 g/mol. The molecule has 0 atom stereocenters. The molecule has 1 N–H and O–H groups in total. The first-order valence-electron chi connectivity index (χ1n) is 9.77. The van der Waals surface area contributed by atoms with Gasteiger partial charge in [-0.1, -0.05) is 17.3 Å². The van der Waals surface area contributed by atoms with Crippen LogP contribution in [0.1, 0.15) is 32.6 Å². The SMILES string of the molecule is CCN(CC)C(=O)N1CCC(C(=O)Nc2cccc(-c3noc(C)n3)c2)CC1. The molecule has 8 heteroatoms. The number of hydrogen-bond acceptors (Lipinski definition) is 5. The van der Waals surface area contributed by atoms with Crippen molar-refractivity contribution in [3.05, 3.63) is 30.2 Å². The monoisotopic (exact) mass is 385 g/mol. The van der Waals surface area contributed by atoms with Crippen LogP contribution in [0.2, 0.25) is 0 Å². The summed E-state index contributed by atoms with van der Waals surface area (Å²) in [7, 11) is 0. The molecule has 0 saturated carbocycles. The Labute approximate surface area is 164 Å². The van der Waals surface area contributed by atoms with Crippen molar-refractivity contribution in [2.45, 2.75) is 33.6 Å². The lowest BCUT2D eigenvalue weighted by Crippen LogP contribution is -2.47. The quantitative estimate of drug-likeness (QED) is 0.854. The third kappa shape index (κ3) is 4.49. The maximum absolute atomic E-state index is 12.7. The summed E-state index contributed by atoms with van der Waals surface area (Å²) in [6.07, 6.45) is 1.34. The topological polar surface area (TPSA) is 91.6 Å². The fourth-order valence-corrected chi connectivity index (χ4v) is 3.42. The summed E-state index contributed by atoms with van der Waals surface area (Å²) in [6.45, 7) is 8.31. The molecule has 2 aromatic rings. The Balaban J connectivity index is 1.57. The molecule has 1 saturated heterocycles. The van der Waals surface area contributed by atoms with Gasteiger partial charge in [-0.3, -0.25) is 4.79 Å². The molecule has 0 spiro atoms. The Kier molecular flexibility index (Phi) is 6.28. The molecule has 1 aliphatic rings. The molecule has 0 radical (unpaired) electrons. The number of hydrogen-bond donors (Lipinski definition) is 1. The molecule has 1 aliphatic heterocycles. The highest BCUT2D eigenvalue weighted by Crippen LogP contribution is 2.23. The van der Waals surface area contributed by atoms with Crippen LogP contribution in [0, 0.1) is 12.8 Å². The van der Waals surface area contributed by atoms with Crippen molar-refractivity contribution in [1.29, 1.82) is 0 Å². The van der Waals surface area contributed by atoms with Crippen molar-refractivity contribution in [3.8, 4) is 11.4 Å². The maximum Gasteiger partial charge on any atom is 0.319 e. The molecule has 150 valence electrons. The normalized spacial score (nSPS) is 14.8. The van der Waals surface area contributed by atoms with Gasteiger partial charge in [0, 0.05) is 50.3 Å². The van der Waals surface area contributed by atoms with Crippen LogP contribution in [0.4, 0.5) is 10.5 Å².